The second kappa shape index (κ2) is 4.91. The van der Waals surface area contributed by atoms with Crippen molar-refractivity contribution in [3.8, 4) is 0 Å². The van der Waals surface area contributed by atoms with E-state index in [4.69, 9.17) is 27.9 Å². The van der Waals surface area contributed by atoms with Gasteiger partial charge in [-0.3, -0.25) is 0 Å². The SMILES string of the molecule is CO/C(=C\Cl)C(Cl)OC. The summed E-state index contributed by atoms with van der Waals surface area (Å²) in [5, 5.41) is 0. The minimum atomic E-state index is -0.590. The molecular weight excluding hydrogens is 163 g/mol. The molecule has 0 aromatic heterocycles. The fourth-order valence-corrected chi connectivity index (χ4v) is 0.723. The second-order valence-electron chi connectivity index (χ2n) is 1.27. The Morgan fingerprint density at radius 2 is 2.11 bits per heavy atom. The lowest BCUT2D eigenvalue weighted by molar-refractivity contribution is 0.132. The Kier molecular flexibility index (Phi) is 4.96. The highest BCUT2D eigenvalue weighted by Crippen LogP contribution is 2.11. The first-order valence-electron chi connectivity index (χ1n) is 2.27. The van der Waals surface area contributed by atoms with Gasteiger partial charge in [0.2, 0.25) is 0 Å². The molecule has 1 unspecified atom stereocenters. The van der Waals surface area contributed by atoms with Gasteiger partial charge >= 0.3 is 0 Å². The van der Waals surface area contributed by atoms with Crippen LogP contribution in [0.5, 0.6) is 0 Å². The van der Waals surface area contributed by atoms with Crippen LogP contribution in [0.3, 0.4) is 0 Å². The third-order valence-electron chi connectivity index (χ3n) is 0.774. The molecule has 9 heavy (non-hydrogen) atoms. The largest absolute Gasteiger partial charge is 0.496 e. The monoisotopic (exact) mass is 170 g/mol. The van der Waals surface area contributed by atoms with Crippen molar-refractivity contribution < 1.29 is 9.47 Å². The van der Waals surface area contributed by atoms with Crippen LogP contribution in [-0.4, -0.2) is 19.8 Å². The minimum Gasteiger partial charge on any atom is -0.496 e. The summed E-state index contributed by atoms with van der Waals surface area (Å²) in [5.74, 6) is 0.404. The zero-order valence-corrected chi connectivity index (χ0v) is 6.74. The maximum atomic E-state index is 5.53. The number of hydrogen-bond donors (Lipinski definition) is 0. The Morgan fingerprint density at radius 1 is 1.56 bits per heavy atom. The van der Waals surface area contributed by atoms with Crippen molar-refractivity contribution in [2.45, 2.75) is 5.56 Å². The number of halogens is 2. The molecule has 0 fully saturated rings. The molecule has 0 amide bonds. The molecule has 0 aliphatic heterocycles. The van der Waals surface area contributed by atoms with E-state index < -0.39 is 5.56 Å². The molecule has 0 saturated carbocycles. The van der Waals surface area contributed by atoms with Gasteiger partial charge in [0.05, 0.1) is 7.11 Å². The lowest BCUT2D eigenvalue weighted by Gasteiger charge is -2.08. The standard InChI is InChI=1S/C5H8Cl2O2/c1-8-4(3-6)5(7)9-2/h3,5H,1-2H3/b4-3-. The lowest BCUT2D eigenvalue weighted by Crippen LogP contribution is -2.06. The van der Waals surface area contributed by atoms with Gasteiger partial charge in [0.1, 0.15) is 0 Å². The summed E-state index contributed by atoms with van der Waals surface area (Å²) in [4.78, 5) is 0. The molecule has 0 saturated heterocycles. The highest BCUT2D eigenvalue weighted by Gasteiger charge is 2.07. The molecule has 0 bridgehead atoms. The number of hydrogen-bond acceptors (Lipinski definition) is 2. The molecule has 0 aromatic rings. The second-order valence-corrected chi connectivity index (χ2v) is 1.88. The van der Waals surface area contributed by atoms with E-state index in [1.54, 1.807) is 0 Å². The highest BCUT2D eigenvalue weighted by atomic mass is 35.5. The predicted octanol–water partition coefficient (Wildman–Crippen LogP) is 1.92. The van der Waals surface area contributed by atoms with E-state index in [1.165, 1.54) is 19.8 Å². The lowest BCUT2D eigenvalue weighted by atomic mass is 10.6. The molecule has 0 heterocycles. The van der Waals surface area contributed by atoms with Crippen molar-refractivity contribution in [1.29, 1.82) is 0 Å². The Hall–Kier alpha value is 0.0800. The van der Waals surface area contributed by atoms with E-state index in [0.717, 1.165) is 0 Å². The average molecular weight is 171 g/mol. The van der Waals surface area contributed by atoms with Crippen LogP contribution in [0.2, 0.25) is 0 Å². The van der Waals surface area contributed by atoms with Gasteiger partial charge in [0.25, 0.3) is 0 Å². The van der Waals surface area contributed by atoms with Crippen molar-refractivity contribution in [3.63, 3.8) is 0 Å². The van der Waals surface area contributed by atoms with Gasteiger partial charge in [-0.05, 0) is 0 Å². The van der Waals surface area contributed by atoms with Crippen LogP contribution < -0.4 is 0 Å². The summed E-state index contributed by atoms with van der Waals surface area (Å²) in [6.07, 6.45) is 0. The molecule has 2 nitrogen and oxygen atoms in total. The van der Waals surface area contributed by atoms with E-state index in [0.29, 0.717) is 5.76 Å². The first-order chi connectivity index (χ1) is 4.26. The van der Waals surface area contributed by atoms with Crippen LogP contribution in [0, 0.1) is 0 Å². The number of rotatable bonds is 3. The third-order valence-corrected chi connectivity index (χ3v) is 1.38. The van der Waals surface area contributed by atoms with Crippen molar-refractivity contribution >= 4 is 23.2 Å². The molecule has 0 rings (SSSR count). The Labute approximate surface area is 64.3 Å². The van der Waals surface area contributed by atoms with Crippen molar-refractivity contribution in [2.75, 3.05) is 14.2 Å². The van der Waals surface area contributed by atoms with Crippen molar-refractivity contribution in [3.05, 3.63) is 11.3 Å². The fraction of sp³-hybridized carbons (Fsp3) is 0.600. The average Bonchev–Trinajstić information content (AvgIpc) is 1.90. The summed E-state index contributed by atoms with van der Waals surface area (Å²) in [7, 11) is 2.94. The molecule has 0 spiro atoms. The van der Waals surface area contributed by atoms with Crippen LogP contribution in [0.15, 0.2) is 11.3 Å². The minimum absolute atomic E-state index is 0.404. The molecule has 0 N–H and O–H groups in total. The van der Waals surface area contributed by atoms with E-state index in [2.05, 4.69) is 4.74 Å². The third kappa shape index (κ3) is 2.94. The Bertz CT molecular complexity index is 103. The van der Waals surface area contributed by atoms with Gasteiger partial charge in [-0.1, -0.05) is 23.2 Å². The maximum Gasteiger partial charge on any atom is 0.188 e. The predicted molar refractivity (Wildman–Crippen MR) is 37.6 cm³/mol. The molecule has 1 atom stereocenters. The number of methoxy groups -OCH3 is 2. The topological polar surface area (TPSA) is 18.5 Å². The summed E-state index contributed by atoms with van der Waals surface area (Å²) in [6, 6.07) is 0. The molecule has 0 aliphatic rings. The van der Waals surface area contributed by atoms with Gasteiger partial charge in [0.15, 0.2) is 11.3 Å². The summed E-state index contributed by atoms with van der Waals surface area (Å²) in [6.45, 7) is 0. The first kappa shape index (κ1) is 9.08. The number of ether oxygens (including phenoxy) is 2. The van der Waals surface area contributed by atoms with Gasteiger partial charge in [0, 0.05) is 12.6 Å². The number of alkyl halides is 1. The van der Waals surface area contributed by atoms with Gasteiger partial charge in [-0.2, -0.15) is 0 Å². The van der Waals surface area contributed by atoms with Crippen LogP contribution in [0.1, 0.15) is 0 Å². The van der Waals surface area contributed by atoms with Crippen molar-refractivity contribution in [1.82, 2.24) is 0 Å². The molecule has 0 aromatic carbocycles. The van der Waals surface area contributed by atoms with E-state index in [-0.39, 0.29) is 0 Å². The fourth-order valence-electron chi connectivity index (χ4n) is 0.303. The maximum absolute atomic E-state index is 5.53. The van der Waals surface area contributed by atoms with Crippen LogP contribution in [-0.2, 0) is 9.47 Å². The molecule has 4 heteroatoms. The van der Waals surface area contributed by atoms with Gasteiger partial charge in [-0.25, -0.2) is 0 Å². The van der Waals surface area contributed by atoms with Crippen LogP contribution in [0.4, 0.5) is 0 Å². The molecular formula is C5H8Cl2O2. The normalized spacial score (nSPS) is 15.3. The van der Waals surface area contributed by atoms with E-state index in [1.807, 2.05) is 0 Å². The van der Waals surface area contributed by atoms with Crippen molar-refractivity contribution in [2.24, 2.45) is 0 Å². The Morgan fingerprint density at radius 3 is 2.22 bits per heavy atom. The zero-order valence-electron chi connectivity index (χ0n) is 5.23. The van der Waals surface area contributed by atoms with E-state index in [9.17, 15) is 0 Å². The highest BCUT2D eigenvalue weighted by molar-refractivity contribution is 6.27. The van der Waals surface area contributed by atoms with Gasteiger partial charge in [-0.15, -0.1) is 0 Å². The summed E-state index contributed by atoms with van der Waals surface area (Å²) in [5.41, 5.74) is 0.647. The molecule has 0 aliphatic carbocycles. The van der Waals surface area contributed by atoms with Crippen LogP contribution in [0.25, 0.3) is 0 Å². The molecule has 54 valence electrons. The van der Waals surface area contributed by atoms with Crippen LogP contribution >= 0.6 is 23.2 Å². The zero-order chi connectivity index (χ0) is 7.28. The Balaban J connectivity index is 3.80. The molecule has 0 radical (unpaired) electrons. The smallest absolute Gasteiger partial charge is 0.188 e. The van der Waals surface area contributed by atoms with Gasteiger partial charge < -0.3 is 9.47 Å². The summed E-state index contributed by atoms with van der Waals surface area (Å²) < 4.78 is 9.41. The van der Waals surface area contributed by atoms with E-state index >= 15 is 0 Å². The quantitative estimate of drug-likeness (QED) is 0.477. The summed E-state index contributed by atoms with van der Waals surface area (Å²) >= 11 is 10.8. The first-order valence-corrected chi connectivity index (χ1v) is 3.14.